The lowest BCUT2D eigenvalue weighted by Gasteiger charge is -2.46. The summed E-state index contributed by atoms with van der Waals surface area (Å²) in [5, 5.41) is 10.6. The average molecular weight is 277 g/mol. The first kappa shape index (κ1) is 12.7. The van der Waals surface area contributed by atoms with Gasteiger partial charge in [-0.25, -0.2) is 0 Å². The first-order valence-corrected chi connectivity index (χ1v) is 6.16. The molecule has 1 N–H and O–H groups in total. The Morgan fingerprint density at radius 1 is 1.53 bits per heavy atom. The topological polar surface area (TPSA) is 45.5 Å². The highest BCUT2D eigenvalue weighted by molar-refractivity contribution is 6.41. The van der Waals surface area contributed by atoms with E-state index in [-0.39, 0.29) is 5.91 Å². The highest BCUT2D eigenvalue weighted by atomic mass is 35.5. The largest absolute Gasteiger partial charge is 0.386 e. The molecule has 0 bridgehead atoms. The smallest absolute Gasteiger partial charge is 0.270 e. The second kappa shape index (κ2) is 4.19. The SMILES string of the molecule is CCC1(O)CN(C(=O)c2cc(Cl)c(Cl)n2C)C1. The predicted octanol–water partition coefficient (Wildman–Crippen LogP) is 1.93. The van der Waals surface area contributed by atoms with Gasteiger partial charge in [-0.15, -0.1) is 0 Å². The first-order chi connectivity index (χ1) is 7.88. The second-order valence-corrected chi connectivity index (χ2v) is 5.23. The Labute approximate surface area is 110 Å². The third-order valence-electron chi connectivity index (χ3n) is 3.25. The fourth-order valence-electron chi connectivity index (χ4n) is 1.94. The minimum atomic E-state index is -0.728. The third kappa shape index (κ3) is 2.05. The number of aromatic nitrogens is 1. The van der Waals surface area contributed by atoms with Gasteiger partial charge in [0, 0.05) is 7.05 Å². The molecule has 2 heterocycles. The van der Waals surface area contributed by atoms with Crippen LogP contribution in [0.2, 0.25) is 10.2 Å². The summed E-state index contributed by atoms with van der Waals surface area (Å²) in [7, 11) is 1.69. The van der Waals surface area contributed by atoms with Crippen LogP contribution in [0.5, 0.6) is 0 Å². The molecule has 2 rings (SSSR count). The van der Waals surface area contributed by atoms with Gasteiger partial charge in [0.05, 0.1) is 23.7 Å². The molecule has 94 valence electrons. The highest BCUT2D eigenvalue weighted by Crippen LogP contribution is 2.29. The first-order valence-electron chi connectivity index (χ1n) is 5.40. The fourth-order valence-corrected chi connectivity index (χ4v) is 2.32. The highest BCUT2D eigenvalue weighted by Gasteiger charge is 2.42. The van der Waals surface area contributed by atoms with Crippen molar-refractivity contribution in [2.24, 2.45) is 7.05 Å². The Morgan fingerprint density at radius 3 is 2.53 bits per heavy atom. The van der Waals surface area contributed by atoms with Crippen LogP contribution in [0.15, 0.2) is 6.07 Å². The summed E-state index contributed by atoms with van der Waals surface area (Å²) in [6.07, 6.45) is 0.644. The van der Waals surface area contributed by atoms with E-state index < -0.39 is 5.60 Å². The van der Waals surface area contributed by atoms with Crippen molar-refractivity contribution in [1.29, 1.82) is 0 Å². The molecule has 0 atom stereocenters. The summed E-state index contributed by atoms with van der Waals surface area (Å²) in [4.78, 5) is 13.7. The molecule has 4 nitrogen and oxygen atoms in total. The van der Waals surface area contributed by atoms with Crippen molar-refractivity contribution < 1.29 is 9.90 Å². The van der Waals surface area contributed by atoms with Crippen molar-refractivity contribution in [1.82, 2.24) is 9.47 Å². The zero-order valence-electron chi connectivity index (χ0n) is 9.70. The van der Waals surface area contributed by atoms with Crippen molar-refractivity contribution in [3.8, 4) is 0 Å². The van der Waals surface area contributed by atoms with Crippen LogP contribution in [0, 0.1) is 0 Å². The maximum absolute atomic E-state index is 12.1. The molecule has 1 aliphatic heterocycles. The summed E-state index contributed by atoms with van der Waals surface area (Å²) >= 11 is 11.8. The molecule has 17 heavy (non-hydrogen) atoms. The number of likely N-dealkylation sites (tertiary alicyclic amines) is 1. The van der Waals surface area contributed by atoms with Crippen molar-refractivity contribution in [3.05, 3.63) is 21.9 Å². The molecule has 1 aromatic rings. The van der Waals surface area contributed by atoms with Crippen molar-refractivity contribution >= 4 is 29.1 Å². The van der Waals surface area contributed by atoms with E-state index in [1.54, 1.807) is 22.6 Å². The van der Waals surface area contributed by atoms with E-state index in [0.29, 0.717) is 35.4 Å². The molecule has 0 aromatic carbocycles. The number of aliphatic hydroxyl groups is 1. The summed E-state index contributed by atoms with van der Waals surface area (Å²) < 4.78 is 1.55. The van der Waals surface area contributed by atoms with Gasteiger partial charge in [0.15, 0.2) is 0 Å². The third-order valence-corrected chi connectivity index (χ3v) is 4.09. The molecule has 0 saturated carbocycles. The van der Waals surface area contributed by atoms with Crippen LogP contribution in [-0.2, 0) is 7.05 Å². The molecule has 0 spiro atoms. The molecule has 6 heteroatoms. The minimum Gasteiger partial charge on any atom is -0.386 e. The standard InChI is InChI=1S/C11H14Cl2N2O2/c1-3-11(17)5-15(6-11)10(16)8-4-7(12)9(13)14(8)2/h4,17H,3,5-6H2,1-2H3. The van der Waals surface area contributed by atoms with Gasteiger partial charge in [0.25, 0.3) is 5.91 Å². The van der Waals surface area contributed by atoms with Crippen LogP contribution < -0.4 is 0 Å². The van der Waals surface area contributed by atoms with Gasteiger partial charge < -0.3 is 14.6 Å². The number of hydrogen-bond donors (Lipinski definition) is 1. The zero-order chi connectivity index (χ0) is 12.8. The molecule has 0 unspecified atom stereocenters. The Bertz CT molecular complexity index is 464. The Morgan fingerprint density at radius 2 is 2.12 bits per heavy atom. The zero-order valence-corrected chi connectivity index (χ0v) is 11.2. The van der Waals surface area contributed by atoms with Crippen LogP contribution in [0.25, 0.3) is 0 Å². The van der Waals surface area contributed by atoms with Crippen LogP contribution in [0.3, 0.4) is 0 Å². The summed E-state index contributed by atoms with van der Waals surface area (Å²) in [5.74, 6) is -0.153. The van der Waals surface area contributed by atoms with Crippen molar-refractivity contribution in [3.63, 3.8) is 0 Å². The second-order valence-electron chi connectivity index (χ2n) is 4.47. The lowest BCUT2D eigenvalue weighted by Crippen LogP contribution is -2.63. The van der Waals surface area contributed by atoms with Crippen LogP contribution in [0.1, 0.15) is 23.8 Å². The van der Waals surface area contributed by atoms with Gasteiger partial charge in [-0.05, 0) is 12.5 Å². The summed E-state index contributed by atoms with van der Waals surface area (Å²) in [6, 6.07) is 1.55. The summed E-state index contributed by atoms with van der Waals surface area (Å²) in [5.41, 5.74) is -0.285. The number of hydrogen-bond acceptors (Lipinski definition) is 2. The fraction of sp³-hybridized carbons (Fsp3) is 0.545. The maximum atomic E-state index is 12.1. The molecule has 1 aliphatic rings. The van der Waals surface area contributed by atoms with Crippen molar-refractivity contribution in [2.45, 2.75) is 18.9 Å². The van der Waals surface area contributed by atoms with Crippen LogP contribution in [0.4, 0.5) is 0 Å². The molecule has 1 amide bonds. The van der Waals surface area contributed by atoms with Gasteiger partial charge >= 0.3 is 0 Å². The van der Waals surface area contributed by atoms with Gasteiger partial charge in [-0.2, -0.15) is 0 Å². The molecule has 0 aliphatic carbocycles. The quantitative estimate of drug-likeness (QED) is 0.897. The number of amides is 1. The number of halogens is 2. The van der Waals surface area contributed by atoms with Crippen LogP contribution in [-0.4, -0.2) is 39.2 Å². The lowest BCUT2D eigenvalue weighted by molar-refractivity contribution is -0.0829. The minimum absolute atomic E-state index is 0.153. The summed E-state index contributed by atoms with van der Waals surface area (Å²) in [6.45, 7) is 2.63. The van der Waals surface area contributed by atoms with Gasteiger partial charge in [-0.3, -0.25) is 4.79 Å². The monoisotopic (exact) mass is 276 g/mol. The van der Waals surface area contributed by atoms with Crippen molar-refractivity contribution in [2.75, 3.05) is 13.1 Å². The number of nitrogens with zero attached hydrogens (tertiary/aromatic N) is 2. The Hall–Kier alpha value is -0.710. The molecular weight excluding hydrogens is 263 g/mol. The van der Waals surface area contributed by atoms with E-state index in [0.717, 1.165) is 0 Å². The lowest BCUT2D eigenvalue weighted by atomic mass is 9.91. The van der Waals surface area contributed by atoms with E-state index in [9.17, 15) is 9.90 Å². The number of carbonyl (C=O) groups excluding carboxylic acids is 1. The maximum Gasteiger partial charge on any atom is 0.270 e. The number of carbonyl (C=O) groups is 1. The Balaban J connectivity index is 2.15. The van der Waals surface area contributed by atoms with Gasteiger partial charge in [-0.1, -0.05) is 30.1 Å². The van der Waals surface area contributed by atoms with E-state index in [4.69, 9.17) is 23.2 Å². The van der Waals surface area contributed by atoms with Crippen LogP contribution >= 0.6 is 23.2 Å². The average Bonchev–Trinajstić information content (AvgIpc) is 2.52. The predicted molar refractivity (Wildman–Crippen MR) is 66.6 cm³/mol. The van der Waals surface area contributed by atoms with Gasteiger partial charge in [0.1, 0.15) is 10.8 Å². The molecule has 0 radical (unpaired) electrons. The molecular formula is C11H14Cl2N2O2. The van der Waals surface area contributed by atoms with E-state index in [1.807, 2.05) is 6.92 Å². The van der Waals surface area contributed by atoms with Gasteiger partial charge in [0.2, 0.25) is 0 Å². The van der Waals surface area contributed by atoms with E-state index >= 15 is 0 Å². The molecule has 1 aromatic heterocycles. The Kier molecular flexibility index (Phi) is 3.14. The molecule has 1 saturated heterocycles. The van der Waals surface area contributed by atoms with E-state index in [2.05, 4.69) is 0 Å². The number of rotatable bonds is 2. The normalized spacial score (nSPS) is 18.1. The van der Waals surface area contributed by atoms with E-state index in [1.165, 1.54) is 0 Å². The molecule has 1 fully saturated rings. The number of β-amino-alcohol motifs (C(OH)–C–C–N with tert-alkyl or cyclic N) is 1.